The van der Waals surface area contributed by atoms with Crippen LogP contribution in [0.25, 0.3) is 10.9 Å². The molecule has 2 rings (SSSR count). The number of halogens is 1. The Kier molecular flexibility index (Phi) is 3.08. The maximum Gasteiger partial charge on any atom is 0.269 e. The van der Waals surface area contributed by atoms with Crippen molar-refractivity contribution in [1.29, 1.82) is 0 Å². The van der Waals surface area contributed by atoms with Crippen LogP contribution < -0.4 is 0 Å². The molecule has 0 radical (unpaired) electrons. The Labute approximate surface area is 109 Å². The van der Waals surface area contributed by atoms with E-state index in [2.05, 4.69) is 4.98 Å². The minimum absolute atomic E-state index is 0.00396. The van der Waals surface area contributed by atoms with Crippen molar-refractivity contribution in [3.8, 4) is 0 Å². The SMILES string of the molecule is CN(C)C(=O)c1cc2c(S(=O)(=O)Cl)cccc2[nH]1. The van der Waals surface area contributed by atoms with Crippen molar-refractivity contribution < 1.29 is 13.2 Å². The molecule has 0 bridgehead atoms. The number of carbonyl (C=O) groups is 1. The first-order chi connectivity index (χ1) is 8.30. The van der Waals surface area contributed by atoms with Gasteiger partial charge in [-0.25, -0.2) is 8.42 Å². The zero-order valence-corrected chi connectivity index (χ0v) is 11.3. The molecule has 0 aliphatic carbocycles. The van der Waals surface area contributed by atoms with E-state index in [1.165, 1.54) is 17.0 Å². The molecular formula is C11H11ClN2O3S. The van der Waals surface area contributed by atoms with E-state index >= 15 is 0 Å². The Bertz CT molecular complexity index is 719. The summed E-state index contributed by atoms with van der Waals surface area (Å²) in [4.78, 5) is 16.1. The molecule has 0 unspecified atom stereocenters. The zero-order valence-electron chi connectivity index (χ0n) is 9.77. The van der Waals surface area contributed by atoms with Gasteiger partial charge >= 0.3 is 0 Å². The molecule has 96 valence electrons. The fraction of sp³-hybridized carbons (Fsp3) is 0.182. The summed E-state index contributed by atoms with van der Waals surface area (Å²) in [6.45, 7) is 0. The fourth-order valence-electron chi connectivity index (χ4n) is 1.70. The van der Waals surface area contributed by atoms with E-state index in [1.54, 1.807) is 26.2 Å². The molecule has 1 aromatic heterocycles. The highest BCUT2D eigenvalue weighted by atomic mass is 35.7. The third-order valence-electron chi connectivity index (χ3n) is 2.52. The van der Waals surface area contributed by atoms with E-state index in [0.717, 1.165) is 0 Å². The Morgan fingerprint density at radius 1 is 1.33 bits per heavy atom. The van der Waals surface area contributed by atoms with Gasteiger partial charge in [-0.1, -0.05) is 6.07 Å². The van der Waals surface area contributed by atoms with Gasteiger partial charge in [0.15, 0.2) is 0 Å². The van der Waals surface area contributed by atoms with Gasteiger partial charge in [-0.05, 0) is 18.2 Å². The highest BCUT2D eigenvalue weighted by molar-refractivity contribution is 8.14. The fourth-order valence-corrected chi connectivity index (χ4v) is 2.77. The van der Waals surface area contributed by atoms with Crippen LogP contribution in [0.5, 0.6) is 0 Å². The van der Waals surface area contributed by atoms with E-state index in [0.29, 0.717) is 16.6 Å². The second-order valence-electron chi connectivity index (χ2n) is 4.04. The molecule has 18 heavy (non-hydrogen) atoms. The number of rotatable bonds is 2. The van der Waals surface area contributed by atoms with Crippen molar-refractivity contribution in [2.24, 2.45) is 0 Å². The monoisotopic (exact) mass is 286 g/mol. The van der Waals surface area contributed by atoms with Gasteiger partial charge in [0, 0.05) is 35.7 Å². The molecule has 1 amide bonds. The Morgan fingerprint density at radius 3 is 2.56 bits per heavy atom. The molecule has 1 heterocycles. The van der Waals surface area contributed by atoms with Crippen molar-refractivity contribution in [3.05, 3.63) is 30.0 Å². The average molecular weight is 287 g/mol. The number of nitrogens with one attached hydrogen (secondary N) is 1. The van der Waals surface area contributed by atoms with Crippen molar-refractivity contribution in [3.63, 3.8) is 0 Å². The molecule has 0 fully saturated rings. The summed E-state index contributed by atoms with van der Waals surface area (Å²) < 4.78 is 22.8. The van der Waals surface area contributed by atoms with Gasteiger partial charge < -0.3 is 9.88 Å². The summed E-state index contributed by atoms with van der Waals surface area (Å²) in [5.41, 5.74) is 0.879. The van der Waals surface area contributed by atoms with Crippen LogP contribution in [-0.4, -0.2) is 38.3 Å². The third-order valence-corrected chi connectivity index (χ3v) is 3.90. The van der Waals surface area contributed by atoms with E-state index in [4.69, 9.17) is 10.7 Å². The lowest BCUT2D eigenvalue weighted by atomic mass is 10.2. The van der Waals surface area contributed by atoms with Crippen molar-refractivity contribution >= 4 is 36.5 Å². The molecule has 0 saturated heterocycles. The highest BCUT2D eigenvalue weighted by Gasteiger charge is 2.18. The quantitative estimate of drug-likeness (QED) is 0.856. The molecular weight excluding hydrogens is 276 g/mol. The van der Waals surface area contributed by atoms with Crippen LogP contribution in [0.3, 0.4) is 0 Å². The first kappa shape index (κ1) is 12.9. The maximum absolute atomic E-state index is 11.8. The molecule has 0 atom stereocenters. The summed E-state index contributed by atoms with van der Waals surface area (Å²) in [5.74, 6) is -0.232. The van der Waals surface area contributed by atoms with Gasteiger partial charge in [-0.15, -0.1) is 0 Å². The van der Waals surface area contributed by atoms with Crippen molar-refractivity contribution in [2.45, 2.75) is 4.90 Å². The number of hydrogen-bond donors (Lipinski definition) is 1. The van der Waals surface area contributed by atoms with Gasteiger partial charge in [0.1, 0.15) is 5.69 Å². The third kappa shape index (κ3) is 2.21. The van der Waals surface area contributed by atoms with Crippen LogP contribution in [-0.2, 0) is 9.05 Å². The Balaban J connectivity index is 2.70. The topological polar surface area (TPSA) is 70.2 Å². The van der Waals surface area contributed by atoms with Crippen LogP contribution in [0.15, 0.2) is 29.2 Å². The van der Waals surface area contributed by atoms with Crippen LogP contribution in [0.1, 0.15) is 10.5 Å². The number of hydrogen-bond acceptors (Lipinski definition) is 3. The van der Waals surface area contributed by atoms with Crippen molar-refractivity contribution in [1.82, 2.24) is 9.88 Å². The second-order valence-corrected chi connectivity index (χ2v) is 6.57. The predicted octanol–water partition coefficient (Wildman–Crippen LogP) is 1.80. The lowest BCUT2D eigenvalue weighted by Gasteiger charge is -2.07. The number of amides is 1. The van der Waals surface area contributed by atoms with Crippen molar-refractivity contribution in [2.75, 3.05) is 14.1 Å². The Morgan fingerprint density at radius 2 is 2.00 bits per heavy atom. The second kappa shape index (κ2) is 4.29. The molecule has 0 aliphatic heterocycles. The van der Waals surface area contributed by atoms with E-state index in [-0.39, 0.29) is 10.8 Å². The van der Waals surface area contributed by atoms with Crippen LogP contribution in [0, 0.1) is 0 Å². The first-order valence-electron chi connectivity index (χ1n) is 5.09. The molecule has 0 spiro atoms. The smallest absolute Gasteiger partial charge is 0.269 e. The predicted molar refractivity (Wildman–Crippen MR) is 69.4 cm³/mol. The minimum atomic E-state index is -3.83. The number of aromatic amines is 1. The number of carbonyl (C=O) groups excluding carboxylic acids is 1. The Hall–Kier alpha value is -1.53. The average Bonchev–Trinajstić information content (AvgIpc) is 2.69. The standard InChI is InChI=1S/C11H11ClN2O3S/c1-14(2)11(15)9-6-7-8(13-9)4-3-5-10(7)18(12,16)17/h3-6,13H,1-2H3. The largest absolute Gasteiger partial charge is 0.350 e. The number of benzene rings is 1. The highest BCUT2D eigenvalue weighted by Crippen LogP contribution is 2.26. The number of fused-ring (bicyclic) bond motifs is 1. The van der Waals surface area contributed by atoms with E-state index < -0.39 is 9.05 Å². The van der Waals surface area contributed by atoms with Crippen LogP contribution in [0.2, 0.25) is 0 Å². The van der Waals surface area contributed by atoms with Gasteiger partial charge in [-0.3, -0.25) is 4.79 Å². The molecule has 1 aromatic carbocycles. The summed E-state index contributed by atoms with van der Waals surface area (Å²) in [7, 11) is 4.75. The molecule has 1 N–H and O–H groups in total. The maximum atomic E-state index is 11.8. The molecule has 5 nitrogen and oxygen atoms in total. The van der Waals surface area contributed by atoms with Crippen LogP contribution >= 0.6 is 10.7 Å². The normalized spacial score (nSPS) is 11.7. The zero-order chi connectivity index (χ0) is 13.5. The van der Waals surface area contributed by atoms with Gasteiger partial charge in [0.05, 0.1) is 4.90 Å². The summed E-state index contributed by atoms with van der Waals surface area (Å²) in [6.07, 6.45) is 0. The number of H-pyrrole nitrogens is 1. The lowest BCUT2D eigenvalue weighted by molar-refractivity contribution is 0.0823. The number of nitrogens with zero attached hydrogens (tertiary/aromatic N) is 1. The first-order valence-corrected chi connectivity index (χ1v) is 7.39. The molecule has 2 aromatic rings. The van der Waals surface area contributed by atoms with Gasteiger partial charge in [0.2, 0.25) is 0 Å². The summed E-state index contributed by atoms with van der Waals surface area (Å²) >= 11 is 0. The van der Waals surface area contributed by atoms with Crippen LogP contribution in [0.4, 0.5) is 0 Å². The molecule has 0 saturated carbocycles. The van der Waals surface area contributed by atoms with E-state index in [1.807, 2.05) is 0 Å². The lowest BCUT2D eigenvalue weighted by Crippen LogP contribution is -2.21. The number of aromatic nitrogens is 1. The minimum Gasteiger partial charge on any atom is -0.350 e. The van der Waals surface area contributed by atoms with Gasteiger partial charge in [-0.2, -0.15) is 0 Å². The summed E-state index contributed by atoms with van der Waals surface area (Å²) in [5, 5.41) is 0.415. The summed E-state index contributed by atoms with van der Waals surface area (Å²) in [6, 6.07) is 6.15. The van der Waals surface area contributed by atoms with E-state index in [9.17, 15) is 13.2 Å². The molecule has 7 heteroatoms. The van der Waals surface area contributed by atoms with Gasteiger partial charge in [0.25, 0.3) is 15.0 Å². The molecule has 0 aliphatic rings.